The molecule has 2 aromatic heterocycles. The number of aromatic nitrogens is 3. The fourth-order valence-corrected chi connectivity index (χ4v) is 3.28. The summed E-state index contributed by atoms with van der Waals surface area (Å²) in [7, 11) is 0. The van der Waals surface area contributed by atoms with Crippen molar-refractivity contribution in [3.05, 3.63) is 88.5 Å². The van der Waals surface area contributed by atoms with Gasteiger partial charge >= 0.3 is 0 Å². The van der Waals surface area contributed by atoms with Crippen LogP contribution >= 0.6 is 11.3 Å². The first-order chi connectivity index (χ1) is 13.7. The minimum atomic E-state index is -0.329. The standard InChI is InChI=1S/C21H17N5OS/c1-15-23-17(14-28-15)12-22-24-21(27)19-13-26(18-10-6-3-7-11-18)25-20(19)16-8-4-2-5-9-16/h2-14H,1H3,(H,24,27)/b22-12+. The molecule has 2 heterocycles. The lowest BCUT2D eigenvalue weighted by atomic mass is 10.1. The van der Waals surface area contributed by atoms with E-state index in [1.807, 2.05) is 73.0 Å². The van der Waals surface area contributed by atoms with Gasteiger partial charge in [-0.05, 0) is 19.1 Å². The number of carbonyl (C=O) groups is 1. The van der Waals surface area contributed by atoms with Crippen LogP contribution in [0, 0.1) is 6.92 Å². The van der Waals surface area contributed by atoms with Crippen LogP contribution in [0.15, 0.2) is 77.3 Å². The van der Waals surface area contributed by atoms with E-state index in [1.165, 1.54) is 17.6 Å². The summed E-state index contributed by atoms with van der Waals surface area (Å²) in [4.78, 5) is 17.1. The van der Waals surface area contributed by atoms with Gasteiger partial charge in [-0.15, -0.1) is 11.3 Å². The summed E-state index contributed by atoms with van der Waals surface area (Å²) in [6.07, 6.45) is 3.25. The molecule has 0 saturated heterocycles. The highest BCUT2D eigenvalue weighted by atomic mass is 32.1. The second kappa shape index (κ2) is 7.98. The molecule has 0 bridgehead atoms. The number of hydrazone groups is 1. The molecule has 4 aromatic rings. The average molecular weight is 387 g/mol. The zero-order chi connectivity index (χ0) is 19.3. The molecule has 0 spiro atoms. The van der Waals surface area contributed by atoms with Gasteiger partial charge in [0.25, 0.3) is 5.91 Å². The number of benzene rings is 2. The fourth-order valence-electron chi connectivity index (χ4n) is 2.72. The van der Waals surface area contributed by atoms with Crippen molar-refractivity contribution >= 4 is 23.5 Å². The largest absolute Gasteiger partial charge is 0.275 e. The van der Waals surface area contributed by atoms with Gasteiger partial charge < -0.3 is 0 Å². The smallest absolute Gasteiger partial charge is 0.267 e. The number of thiazole rings is 1. The molecule has 0 radical (unpaired) electrons. The molecular formula is C21H17N5OS. The van der Waals surface area contributed by atoms with E-state index < -0.39 is 0 Å². The van der Waals surface area contributed by atoms with Crippen LogP contribution in [0.1, 0.15) is 21.1 Å². The minimum Gasteiger partial charge on any atom is -0.267 e. The molecule has 0 aliphatic carbocycles. The fraction of sp³-hybridized carbons (Fsp3) is 0.0476. The Balaban J connectivity index is 1.65. The third-order valence-corrected chi connectivity index (χ3v) is 4.82. The van der Waals surface area contributed by atoms with E-state index in [1.54, 1.807) is 10.9 Å². The first-order valence-electron chi connectivity index (χ1n) is 8.67. The van der Waals surface area contributed by atoms with E-state index in [2.05, 4.69) is 20.6 Å². The van der Waals surface area contributed by atoms with Crippen molar-refractivity contribution in [3.8, 4) is 16.9 Å². The van der Waals surface area contributed by atoms with Crippen LogP contribution in [-0.4, -0.2) is 26.9 Å². The quantitative estimate of drug-likeness (QED) is 0.414. The van der Waals surface area contributed by atoms with Crippen LogP contribution in [0.3, 0.4) is 0 Å². The predicted molar refractivity (Wildman–Crippen MR) is 111 cm³/mol. The third-order valence-electron chi connectivity index (χ3n) is 4.03. The van der Waals surface area contributed by atoms with Crippen LogP contribution < -0.4 is 5.43 Å². The molecule has 0 saturated carbocycles. The summed E-state index contributed by atoms with van der Waals surface area (Å²) in [6, 6.07) is 19.3. The van der Waals surface area contributed by atoms with Crippen LogP contribution in [0.2, 0.25) is 0 Å². The van der Waals surface area contributed by atoms with Crippen LogP contribution in [0.25, 0.3) is 16.9 Å². The topological polar surface area (TPSA) is 72.2 Å². The van der Waals surface area contributed by atoms with Gasteiger partial charge in [0.15, 0.2) is 0 Å². The number of amides is 1. The third kappa shape index (κ3) is 3.89. The lowest BCUT2D eigenvalue weighted by Crippen LogP contribution is -2.18. The van der Waals surface area contributed by atoms with Crippen LogP contribution in [-0.2, 0) is 0 Å². The summed E-state index contributed by atoms with van der Waals surface area (Å²) in [5.74, 6) is -0.329. The maximum atomic E-state index is 12.8. The number of aryl methyl sites for hydroxylation is 1. The van der Waals surface area contributed by atoms with Gasteiger partial charge in [-0.1, -0.05) is 48.5 Å². The Morgan fingerprint density at radius 2 is 1.82 bits per heavy atom. The maximum absolute atomic E-state index is 12.8. The van der Waals surface area contributed by atoms with Gasteiger partial charge in [-0.25, -0.2) is 15.1 Å². The molecular weight excluding hydrogens is 370 g/mol. The van der Waals surface area contributed by atoms with Gasteiger partial charge in [0.2, 0.25) is 0 Å². The van der Waals surface area contributed by atoms with E-state index in [0.29, 0.717) is 17.0 Å². The van der Waals surface area contributed by atoms with Crippen LogP contribution in [0.5, 0.6) is 0 Å². The number of rotatable bonds is 5. The van der Waals surface area contributed by atoms with Crippen molar-refractivity contribution in [2.75, 3.05) is 0 Å². The summed E-state index contributed by atoms with van der Waals surface area (Å²) < 4.78 is 1.70. The van der Waals surface area contributed by atoms with Gasteiger partial charge in [-0.3, -0.25) is 4.79 Å². The highest BCUT2D eigenvalue weighted by Gasteiger charge is 2.18. The first kappa shape index (κ1) is 17.8. The highest BCUT2D eigenvalue weighted by molar-refractivity contribution is 7.09. The van der Waals surface area contributed by atoms with Crippen molar-refractivity contribution in [1.82, 2.24) is 20.2 Å². The molecule has 138 valence electrons. The van der Waals surface area contributed by atoms with Gasteiger partial charge in [0.05, 0.1) is 28.2 Å². The Labute approximate surface area is 166 Å². The lowest BCUT2D eigenvalue weighted by molar-refractivity contribution is 0.0956. The normalized spacial score (nSPS) is 11.0. The summed E-state index contributed by atoms with van der Waals surface area (Å²) in [5.41, 5.74) is 6.07. The van der Waals surface area contributed by atoms with Crippen molar-refractivity contribution in [2.45, 2.75) is 6.92 Å². The van der Waals surface area contributed by atoms with Gasteiger partial charge in [0.1, 0.15) is 5.69 Å². The lowest BCUT2D eigenvalue weighted by Gasteiger charge is -2.01. The highest BCUT2D eigenvalue weighted by Crippen LogP contribution is 2.23. The molecule has 7 heteroatoms. The Hall–Kier alpha value is -3.58. The van der Waals surface area contributed by atoms with E-state index >= 15 is 0 Å². The summed E-state index contributed by atoms with van der Waals surface area (Å²) in [5, 5.41) is 11.5. The maximum Gasteiger partial charge on any atom is 0.275 e. The molecule has 1 amide bonds. The van der Waals surface area contributed by atoms with Crippen LogP contribution in [0.4, 0.5) is 0 Å². The molecule has 4 rings (SSSR count). The molecule has 0 unspecified atom stereocenters. The zero-order valence-electron chi connectivity index (χ0n) is 15.1. The second-order valence-corrected chi connectivity index (χ2v) is 7.09. The SMILES string of the molecule is Cc1nc(/C=N/NC(=O)c2cn(-c3ccccc3)nc2-c2ccccc2)cs1. The number of para-hydroxylation sites is 1. The second-order valence-electron chi connectivity index (χ2n) is 6.03. The average Bonchev–Trinajstić information content (AvgIpc) is 3.36. The first-order valence-corrected chi connectivity index (χ1v) is 9.55. The number of hydrogen-bond acceptors (Lipinski definition) is 5. The number of hydrogen-bond donors (Lipinski definition) is 1. The number of nitrogens with zero attached hydrogens (tertiary/aromatic N) is 4. The Morgan fingerprint density at radius 3 is 2.50 bits per heavy atom. The Kier molecular flexibility index (Phi) is 5.07. The summed E-state index contributed by atoms with van der Waals surface area (Å²) >= 11 is 1.53. The van der Waals surface area contributed by atoms with E-state index in [0.717, 1.165) is 16.3 Å². The molecule has 2 aromatic carbocycles. The van der Waals surface area contributed by atoms with Crippen molar-refractivity contribution in [1.29, 1.82) is 0 Å². The van der Waals surface area contributed by atoms with Crippen molar-refractivity contribution in [3.63, 3.8) is 0 Å². The predicted octanol–water partition coefficient (Wildman–Crippen LogP) is 4.07. The molecule has 28 heavy (non-hydrogen) atoms. The van der Waals surface area contributed by atoms with E-state index in [-0.39, 0.29) is 5.91 Å². The zero-order valence-corrected chi connectivity index (χ0v) is 15.9. The van der Waals surface area contributed by atoms with Crippen molar-refractivity contribution < 1.29 is 4.79 Å². The molecule has 0 aliphatic heterocycles. The molecule has 6 nitrogen and oxygen atoms in total. The monoisotopic (exact) mass is 387 g/mol. The Bertz CT molecular complexity index is 1120. The molecule has 0 atom stereocenters. The molecule has 0 fully saturated rings. The van der Waals surface area contributed by atoms with Crippen molar-refractivity contribution in [2.24, 2.45) is 5.10 Å². The summed E-state index contributed by atoms with van der Waals surface area (Å²) in [6.45, 7) is 1.92. The minimum absolute atomic E-state index is 0.329. The number of nitrogens with one attached hydrogen (secondary N) is 1. The van der Waals surface area contributed by atoms with E-state index in [9.17, 15) is 4.79 Å². The molecule has 1 N–H and O–H groups in total. The number of carbonyl (C=O) groups excluding carboxylic acids is 1. The van der Waals surface area contributed by atoms with E-state index in [4.69, 9.17) is 0 Å². The Morgan fingerprint density at radius 1 is 1.11 bits per heavy atom. The van der Waals surface area contributed by atoms with Gasteiger partial charge in [0, 0.05) is 17.1 Å². The molecule has 0 aliphatic rings. The van der Waals surface area contributed by atoms with Gasteiger partial charge in [-0.2, -0.15) is 10.2 Å².